The fourth-order valence-electron chi connectivity index (χ4n) is 2.76. The Morgan fingerprint density at radius 1 is 1.31 bits per heavy atom. The van der Waals surface area contributed by atoms with Crippen LogP contribution in [0.5, 0.6) is 5.75 Å². The molecule has 3 rings (SSSR count). The van der Waals surface area contributed by atoms with Crippen LogP contribution in [0.15, 0.2) is 42.5 Å². The molecule has 7 heteroatoms. The van der Waals surface area contributed by atoms with E-state index < -0.39 is 5.97 Å². The fraction of sp³-hybridized carbons (Fsp3) is 0.263. The molecule has 2 aromatic rings. The van der Waals surface area contributed by atoms with E-state index in [1.165, 1.54) is 0 Å². The maximum Gasteiger partial charge on any atom is 0.340 e. The highest BCUT2D eigenvalue weighted by atomic mass is 35.5. The number of esters is 1. The number of hydrogen-bond acceptors (Lipinski definition) is 4. The van der Waals surface area contributed by atoms with Crippen molar-refractivity contribution in [2.45, 2.75) is 20.0 Å². The van der Waals surface area contributed by atoms with Gasteiger partial charge in [0.2, 0.25) is 0 Å². The lowest BCUT2D eigenvalue weighted by Crippen LogP contribution is -2.44. The molecule has 0 fully saturated rings. The lowest BCUT2D eigenvalue weighted by atomic mass is 10.1. The molecule has 1 atom stereocenters. The zero-order valence-corrected chi connectivity index (χ0v) is 15.2. The minimum Gasteiger partial charge on any atom is -0.487 e. The Hall–Kier alpha value is -2.73. The summed E-state index contributed by atoms with van der Waals surface area (Å²) in [6.45, 7) is 4.23. The molecule has 0 saturated carbocycles. The number of nitrogens with one attached hydrogen (secondary N) is 1. The first kappa shape index (κ1) is 18.1. The Morgan fingerprint density at radius 3 is 2.85 bits per heavy atom. The number of amides is 2. The van der Waals surface area contributed by atoms with Crippen molar-refractivity contribution < 1.29 is 19.1 Å². The average molecular weight is 375 g/mol. The van der Waals surface area contributed by atoms with E-state index in [9.17, 15) is 9.59 Å². The van der Waals surface area contributed by atoms with E-state index in [4.69, 9.17) is 21.1 Å². The van der Waals surface area contributed by atoms with Crippen LogP contribution in [-0.4, -0.2) is 31.3 Å². The van der Waals surface area contributed by atoms with Crippen LogP contribution in [0.2, 0.25) is 5.02 Å². The molecule has 0 aliphatic carbocycles. The van der Waals surface area contributed by atoms with E-state index in [0.29, 0.717) is 34.3 Å². The Balaban J connectivity index is 1.88. The van der Waals surface area contributed by atoms with Crippen LogP contribution in [0.3, 0.4) is 0 Å². The molecular weight excluding hydrogens is 356 g/mol. The van der Waals surface area contributed by atoms with Crippen molar-refractivity contribution in [2.75, 3.05) is 23.4 Å². The molecule has 0 radical (unpaired) electrons. The molecule has 0 spiro atoms. The molecule has 0 saturated heterocycles. The van der Waals surface area contributed by atoms with Crippen LogP contribution in [0.25, 0.3) is 0 Å². The number of fused-ring (bicyclic) bond motifs is 1. The number of rotatable bonds is 3. The molecule has 1 N–H and O–H groups in total. The third kappa shape index (κ3) is 3.75. The SMILES string of the molecule is CCOC(=O)c1ccccc1NC(=O)N1CC(C)Oc2ccc(Cl)cc21. The number of carbonyl (C=O) groups excluding carboxylic acids is 2. The smallest absolute Gasteiger partial charge is 0.340 e. The van der Waals surface area contributed by atoms with Crippen LogP contribution >= 0.6 is 11.6 Å². The zero-order chi connectivity index (χ0) is 18.7. The number of urea groups is 1. The molecular formula is C19H19ClN2O4. The van der Waals surface area contributed by atoms with E-state index in [0.717, 1.165) is 0 Å². The zero-order valence-electron chi connectivity index (χ0n) is 14.5. The minimum absolute atomic E-state index is 0.172. The number of para-hydroxylation sites is 1. The molecule has 0 bridgehead atoms. The summed E-state index contributed by atoms with van der Waals surface area (Å²) in [4.78, 5) is 26.5. The molecule has 1 aliphatic rings. The van der Waals surface area contributed by atoms with Gasteiger partial charge < -0.3 is 14.8 Å². The van der Waals surface area contributed by atoms with Crippen LogP contribution < -0.4 is 15.0 Å². The summed E-state index contributed by atoms with van der Waals surface area (Å²) in [6.07, 6.45) is -0.172. The van der Waals surface area contributed by atoms with Crippen LogP contribution in [0, 0.1) is 0 Å². The van der Waals surface area contributed by atoms with Gasteiger partial charge in [-0.05, 0) is 44.2 Å². The first-order valence-corrected chi connectivity index (χ1v) is 8.68. The molecule has 136 valence electrons. The van der Waals surface area contributed by atoms with Gasteiger partial charge in [-0.3, -0.25) is 4.90 Å². The van der Waals surface area contributed by atoms with Gasteiger partial charge >= 0.3 is 12.0 Å². The average Bonchev–Trinajstić information content (AvgIpc) is 2.62. The highest BCUT2D eigenvalue weighted by molar-refractivity contribution is 6.31. The highest BCUT2D eigenvalue weighted by Crippen LogP contribution is 2.36. The van der Waals surface area contributed by atoms with Gasteiger partial charge in [-0.2, -0.15) is 0 Å². The molecule has 1 heterocycles. The molecule has 0 aromatic heterocycles. The Labute approximate surface area is 156 Å². The van der Waals surface area contributed by atoms with Crippen molar-refractivity contribution in [3.05, 3.63) is 53.1 Å². The van der Waals surface area contributed by atoms with Gasteiger partial charge in [0.25, 0.3) is 0 Å². The first-order chi connectivity index (χ1) is 12.5. The topological polar surface area (TPSA) is 67.9 Å². The minimum atomic E-state index is -0.484. The number of hydrogen-bond donors (Lipinski definition) is 1. The summed E-state index contributed by atoms with van der Waals surface area (Å²) < 4.78 is 10.8. The van der Waals surface area contributed by atoms with E-state index in [1.807, 2.05) is 6.92 Å². The van der Waals surface area contributed by atoms with Crippen LogP contribution in [0.4, 0.5) is 16.2 Å². The molecule has 1 aliphatic heterocycles. The van der Waals surface area contributed by atoms with Gasteiger partial charge in [-0.1, -0.05) is 23.7 Å². The summed E-state index contributed by atoms with van der Waals surface area (Å²) in [7, 11) is 0. The largest absolute Gasteiger partial charge is 0.487 e. The van der Waals surface area contributed by atoms with Gasteiger partial charge in [0.05, 0.1) is 30.1 Å². The summed E-state index contributed by atoms with van der Waals surface area (Å²) >= 11 is 6.07. The van der Waals surface area contributed by atoms with Crippen LogP contribution in [0.1, 0.15) is 24.2 Å². The predicted molar refractivity (Wildman–Crippen MR) is 100 cm³/mol. The number of ether oxygens (including phenoxy) is 2. The quantitative estimate of drug-likeness (QED) is 0.811. The van der Waals surface area contributed by atoms with Crippen molar-refractivity contribution in [2.24, 2.45) is 0 Å². The van der Waals surface area contributed by atoms with Crippen molar-refractivity contribution >= 4 is 35.0 Å². The molecule has 6 nitrogen and oxygen atoms in total. The van der Waals surface area contributed by atoms with E-state index in [1.54, 1.807) is 54.3 Å². The first-order valence-electron chi connectivity index (χ1n) is 8.30. The second-order valence-corrected chi connectivity index (χ2v) is 6.28. The lowest BCUT2D eigenvalue weighted by Gasteiger charge is -2.33. The highest BCUT2D eigenvalue weighted by Gasteiger charge is 2.28. The van der Waals surface area contributed by atoms with E-state index in [-0.39, 0.29) is 18.7 Å². The van der Waals surface area contributed by atoms with Crippen LogP contribution in [-0.2, 0) is 4.74 Å². The second kappa shape index (κ2) is 7.66. The normalized spacial score (nSPS) is 15.7. The van der Waals surface area contributed by atoms with Crippen molar-refractivity contribution in [1.29, 1.82) is 0 Å². The summed E-state index contributed by atoms with van der Waals surface area (Å²) in [5.74, 6) is 0.101. The lowest BCUT2D eigenvalue weighted by molar-refractivity contribution is 0.0527. The monoisotopic (exact) mass is 374 g/mol. The Bertz CT molecular complexity index is 840. The number of nitrogens with zero attached hydrogens (tertiary/aromatic N) is 1. The predicted octanol–water partition coefficient (Wildman–Crippen LogP) is 4.34. The van der Waals surface area contributed by atoms with Gasteiger partial charge in [0.15, 0.2) is 0 Å². The van der Waals surface area contributed by atoms with Gasteiger partial charge in [-0.25, -0.2) is 9.59 Å². The summed E-state index contributed by atoms with van der Waals surface area (Å²) in [6, 6.07) is 11.5. The maximum atomic E-state index is 12.9. The molecule has 2 amide bonds. The second-order valence-electron chi connectivity index (χ2n) is 5.85. The number of halogens is 1. The van der Waals surface area contributed by atoms with Crippen molar-refractivity contribution in [3.8, 4) is 5.75 Å². The summed E-state index contributed by atoms with van der Waals surface area (Å²) in [5.41, 5.74) is 1.27. The van der Waals surface area contributed by atoms with Gasteiger partial charge in [0, 0.05) is 5.02 Å². The van der Waals surface area contributed by atoms with Crippen molar-refractivity contribution in [3.63, 3.8) is 0 Å². The van der Waals surface area contributed by atoms with E-state index in [2.05, 4.69) is 5.32 Å². The third-order valence-corrected chi connectivity index (χ3v) is 4.12. The molecule has 2 aromatic carbocycles. The van der Waals surface area contributed by atoms with E-state index >= 15 is 0 Å². The molecule has 26 heavy (non-hydrogen) atoms. The molecule has 1 unspecified atom stereocenters. The summed E-state index contributed by atoms with van der Waals surface area (Å²) in [5, 5.41) is 3.29. The Kier molecular flexibility index (Phi) is 5.32. The number of carbonyl (C=O) groups is 2. The Morgan fingerprint density at radius 2 is 2.08 bits per heavy atom. The number of benzene rings is 2. The van der Waals surface area contributed by atoms with Gasteiger partial charge in [0.1, 0.15) is 11.9 Å². The fourth-order valence-corrected chi connectivity index (χ4v) is 2.93. The standard InChI is InChI=1S/C19H19ClN2O4/c1-3-25-18(23)14-6-4-5-7-15(14)21-19(24)22-11-12(2)26-17-9-8-13(20)10-16(17)22/h4-10,12H,3,11H2,1-2H3,(H,21,24). The van der Waals surface area contributed by atoms with Gasteiger partial charge in [-0.15, -0.1) is 0 Å². The maximum absolute atomic E-state index is 12.9. The van der Waals surface area contributed by atoms with Crippen molar-refractivity contribution in [1.82, 2.24) is 0 Å². The number of anilines is 2. The third-order valence-electron chi connectivity index (χ3n) is 3.89.